The molecule has 4 nitrogen and oxygen atoms in total. The second kappa shape index (κ2) is 3.35. The van der Waals surface area contributed by atoms with Crippen LogP contribution < -0.4 is 11.3 Å². The van der Waals surface area contributed by atoms with Gasteiger partial charge in [-0.2, -0.15) is 18.2 Å². The summed E-state index contributed by atoms with van der Waals surface area (Å²) in [6, 6.07) is 0. The predicted octanol–water partition coefficient (Wildman–Crippen LogP) is 1.43. The van der Waals surface area contributed by atoms with Crippen LogP contribution in [0.15, 0.2) is 6.20 Å². The Kier molecular flexibility index (Phi) is 2.58. The van der Waals surface area contributed by atoms with Crippen molar-refractivity contribution >= 4 is 17.5 Å². The number of hydrazine groups is 1. The number of nitrogen functional groups attached to an aromatic ring is 1. The number of rotatable bonds is 1. The van der Waals surface area contributed by atoms with E-state index in [0.717, 1.165) is 0 Å². The maximum absolute atomic E-state index is 12.1. The first-order chi connectivity index (χ1) is 5.95. The van der Waals surface area contributed by atoms with E-state index in [1.165, 1.54) is 0 Å². The Morgan fingerprint density at radius 3 is 2.46 bits per heavy atom. The van der Waals surface area contributed by atoms with Gasteiger partial charge in [-0.15, -0.1) is 0 Å². The highest BCUT2D eigenvalue weighted by Crippen LogP contribution is 2.33. The van der Waals surface area contributed by atoms with Crippen molar-refractivity contribution in [2.45, 2.75) is 6.18 Å². The molecule has 0 fully saturated rings. The van der Waals surface area contributed by atoms with Gasteiger partial charge in [-0.3, -0.25) is 5.43 Å². The molecular weight excluding hydrogens is 209 g/mol. The van der Waals surface area contributed by atoms with Gasteiger partial charge in [0.05, 0.1) is 0 Å². The van der Waals surface area contributed by atoms with Crippen molar-refractivity contribution in [1.82, 2.24) is 9.97 Å². The molecule has 0 unspecified atom stereocenters. The zero-order chi connectivity index (χ0) is 10.1. The summed E-state index contributed by atoms with van der Waals surface area (Å²) in [5, 5.41) is -0.685. The van der Waals surface area contributed by atoms with Gasteiger partial charge in [-0.25, -0.2) is 10.8 Å². The van der Waals surface area contributed by atoms with Crippen molar-refractivity contribution in [3.8, 4) is 0 Å². The number of hydrogen-bond acceptors (Lipinski definition) is 4. The monoisotopic (exact) mass is 212 g/mol. The lowest BCUT2D eigenvalue weighted by Crippen LogP contribution is -2.13. The number of alkyl halides is 3. The number of aromatic nitrogens is 2. The average molecular weight is 213 g/mol. The molecule has 0 bridgehead atoms. The van der Waals surface area contributed by atoms with Crippen LogP contribution in [0.3, 0.4) is 0 Å². The van der Waals surface area contributed by atoms with E-state index in [1.54, 1.807) is 0 Å². The van der Waals surface area contributed by atoms with Crippen LogP contribution in [0.25, 0.3) is 0 Å². The number of nitrogens with two attached hydrogens (primary N) is 1. The van der Waals surface area contributed by atoms with E-state index in [0.29, 0.717) is 6.20 Å². The third kappa shape index (κ3) is 2.19. The molecule has 0 saturated carbocycles. The van der Waals surface area contributed by atoms with Gasteiger partial charge in [0, 0.05) is 6.20 Å². The second-order valence-corrected chi connectivity index (χ2v) is 2.40. The highest BCUT2D eigenvalue weighted by Gasteiger charge is 2.34. The molecule has 0 aliphatic heterocycles. The van der Waals surface area contributed by atoms with Crippen molar-refractivity contribution in [3.05, 3.63) is 16.9 Å². The summed E-state index contributed by atoms with van der Waals surface area (Å²) in [5.41, 5.74) is 0.883. The minimum absolute atomic E-state index is 0.169. The van der Waals surface area contributed by atoms with Gasteiger partial charge >= 0.3 is 6.18 Å². The molecule has 0 radical (unpaired) electrons. The minimum atomic E-state index is -4.55. The van der Waals surface area contributed by atoms with E-state index in [-0.39, 0.29) is 5.95 Å². The Bertz CT molecular complexity index is 313. The summed E-state index contributed by atoms with van der Waals surface area (Å²) in [7, 11) is 0. The maximum atomic E-state index is 12.1. The van der Waals surface area contributed by atoms with E-state index in [1.807, 2.05) is 5.43 Å². The minimum Gasteiger partial charge on any atom is -0.292 e. The third-order valence-corrected chi connectivity index (χ3v) is 1.46. The molecule has 0 saturated heterocycles. The van der Waals surface area contributed by atoms with Crippen molar-refractivity contribution < 1.29 is 13.2 Å². The van der Waals surface area contributed by atoms with Crippen LogP contribution in [0.5, 0.6) is 0 Å². The van der Waals surface area contributed by atoms with Gasteiger partial charge in [0.25, 0.3) is 0 Å². The Morgan fingerprint density at radius 2 is 2.08 bits per heavy atom. The van der Waals surface area contributed by atoms with E-state index in [9.17, 15) is 13.2 Å². The summed E-state index contributed by atoms with van der Waals surface area (Å²) >= 11 is 5.23. The molecule has 13 heavy (non-hydrogen) atoms. The lowest BCUT2D eigenvalue weighted by atomic mass is 10.3. The number of hydrogen-bond donors (Lipinski definition) is 2. The first-order valence-electron chi connectivity index (χ1n) is 3.01. The fourth-order valence-corrected chi connectivity index (χ4v) is 0.857. The quantitative estimate of drug-likeness (QED) is 0.420. The highest BCUT2D eigenvalue weighted by atomic mass is 35.5. The molecule has 1 aromatic heterocycles. The zero-order valence-electron chi connectivity index (χ0n) is 6.06. The Hall–Kier alpha value is -1.08. The molecule has 1 heterocycles. The van der Waals surface area contributed by atoms with Crippen LogP contribution in [0, 0.1) is 0 Å². The lowest BCUT2D eigenvalue weighted by molar-refractivity contribution is -0.137. The number of anilines is 1. The fourth-order valence-electron chi connectivity index (χ4n) is 0.621. The van der Waals surface area contributed by atoms with Crippen LogP contribution >= 0.6 is 11.6 Å². The summed E-state index contributed by atoms with van der Waals surface area (Å²) < 4.78 is 36.2. The second-order valence-electron chi connectivity index (χ2n) is 2.04. The van der Waals surface area contributed by atoms with Gasteiger partial charge in [0.1, 0.15) is 10.7 Å². The molecular formula is C5H4ClF3N4. The largest absolute Gasteiger partial charge is 0.420 e. The van der Waals surface area contributed by atoms with Crippen LogP contribution in [0.2, 0.25) is 5.15 Å². The van der Waals surface area contributed by atoms with Gasteiger partial charge in [-0.05, 0) is 0 Å². The smallest absolute Gasteiger partial charge is 0.292 e. The Morgan fingerprint density at radius 1 is 1.46 bits per heavy atom. The number of nitrogens with one attached hydrogen (secondary N) is 1. The SMILES string of the molecule is NNc1ncc(C(F)(F)F)c(Cl)n1. The zero-order valence-corrected chi connectivity index (χ0v) is 6.82. The molecule has 0 aromatic carbocycles. The molecule has 0 amide bonds. The third-order valence-electron chi connectivity index (χ3n) is 1.18. The van der Waals surface area contributed by atoms with Crippen molar-refractivity contribution in [3.63, 3.8) is 0 Å². The van der Waals surface area contributed by atoms with Crippen molar-refractivity contribution in [2.75, 3.05) is 5.43 Å². The molecule has 1 aromatic rings. The molecule has 72 valence electrons. The van der Waals surface area contributed by atoms with E-state index in [4.69, 9.17) is 17.4 Å². The van der Waals surface area contributed by atoms with E-state index < -0.39 is 16.9 Å². The highest BCUT2D eigenvalue weighted by molar-refractivity contribution is 6.30. The van der Waals surface area contributed by atoms with E-state index >= 15 is 0 Å². The molecule has 0 aliphatic rings. The van der Waals surface area contributed by atoms with Crippen LogP contribution in [0.4, 0.5) is 19.1 Å². The summed E-state index contributed by atoms with van der Waals surface area (Å²) in [4.78, 5) is 6.53. The molecule has 0 atom stereocenters. The van der Waals surface area contributed by atoms with Crippen molar-refractivity contribution in [1.29, 1.82) is 0 Å². The predicted molar refractivity (Wildman–Crippen MR) is 39.9 cm³/mol. The molecule has 3 N–H and O–H groups in total. The van der Waals surface area contributed by atoms with Gasteiger partial charge in [0.15, 0.2) is 0 Å². The Labute approximate surface area is 75.9 Å². The number of halogens is 4. The Balaban J connectivity index is 3.13. The topological polar surface area (TPSA) is 63.8 Å². The first kappa shape index (κ1) is 10.0. The van der Waals surface area contributed by atoms with E-state index in [2.05, 4.69) is 9.97 Å². The van der Waals surface area contributed by atoms with Crippen LogP contribution in [0.1, 0.15) is 5.56 Å². The van der Waals surface area contributed by atoms with Crippen LogP contribution in [-0.4, -0.2) is 9.97 Å². The number of nitrogens with zero attached hydrogens (tertiary/aromatic N) is 2. The standard InChI is InChI=1S/C5H4ClF3N4/c6-3-2(5(7,8)9)1-11-4(12-3)13-10/h1H,10H2,(H,11,12,13). The summed E-state index contributed by atoms with van der Waals surface area (Å²) in [6.45, 7) is 0. The lowest BCUT2D eigenvalue weighted by Gasteiger charge is -2.07. The summed E-state index contributed by atoms with van der Waals surface area (Å²) in [6.07, 6.45) is -3.99. The van der Waals surface area contributed by atoms with Gasteiger partial charge < -0.3 is 0 Å². The van der Waals surface area contributed by atoms with Crippen molar-refractivity contribution in [2.24, 2.45) is 5.84 Å². The molecule has 0 spiro atoms. The first-order valence-corrected chi connectivity index (χ1v) is 3.39. The average Bonchev–Trinajstić information content (AvgIpc) is 2.01. The molecule has 0 aliphatic carbocycles. The molecule has 8 heteroatoms. The maximum Gasteiger partial charge on any atom is 0.420 e. The van der Waals surface area contributed by atoms with Crippen LogP contribution in [-0.2, 0) is 6.18 Å². The normalized spacial score (nSPS) is 11.5. The molecule has 1 rings (SSSR count). The summed E-state index contributed by atoms with van der Waals surface area (Å²) in [5.74, 6) is 4.69. The fraction of sp³-hybridized carbons (Fsp3) is 0.200. The van der Waals surface area contributed by atoms with Gasteiger partial charge in [-0.1, -0.05) is 11.6 Å². The van der Waals surface area contributed by atoms with Gasteiger partial charge in [0.2, 0.25) is 5.95 Å².